The smallest absolute Gasteiger partial charge is 0.356 e. The largest absolute Gasteiger partial charge is 0.461 e. The highest BCUT2D eigenvalue weighted by Gasteiger charge is 2.20. The van der Waals surface area contributed by atoms with E-state index in [2.05, 4.69) is 41.4 Å². The van der Waals surface area contributed by atoms with Crippen molar-refractivity contribution in [3.05, 3.63) is 77.4 Å². The van der Waals surface area contributed by atoms with Gasteiger partial charge in [-0.25, -0.2) is 9.78 Å². The molecule has 0 aliphatic rings. The van der Waals surface area contributed by atoms with Crippen LogP contribution in [0.15, 0.2) is 54.6 Å². The van der Waals surface area contributed by atoms with Crippen LogP contribution in [0.2, 0.25) is 0 Å². The molecule has 1 aromatic heterocycles. The van der Waals surface area contributed by atoms with Gasteiger partial charge in [-0.05, 0) is 37.5 Å². The number of hydrogen-bond donors (Lipinski definition) is 0. The maximum absolute atomic E-state index is 12.2. The summed E-state index contributed by atoms with van der Waals surface area (Å²) in [6.45, 7) is 6.51. The number of ether oxygens (including phenoxy) is 1. The minimum atomic E-state index is -0.318. The number of nitrogens with zero attached hydrogens (tertiary/aromatic N) is 2. The van der Waals surface area contributed by atoms with Crippen LogP contribution in [-0.2, 0) is 11.3 Å². The zero-order valence-electron chi connectivity index (χ0n) is 14.8. The van der Waals surface area contributed by atoms with E-state index in [4.69, 9.17) is 4.74 Å². The maximum atomic E-state index is 12.2. The number of aromatic nitrogens is 2. The second-order valence-corrected chi connectivity index (χ2v) is 5.96. The highest BCUT2D eigenvalue weighted by molar-refractivity contribution is 5.89. The van der Waals surface area contributed by atoms with Gasteiger partial charge >= 0.3 is 5.97 Å². The van der Waals surface area contributed by atoms with Gasteiger partial charge in [0.1, 0.15) is 5.82 Å². The molecule has 0 amide bonds. The first-order chi connectivity index (χ1) is 12.1. The number of carbonyl (C=O) groups excluding carboxylic acids is 1. The summed E-state index contributed by atoms with van der Waals surface area (Å²) >= 11 is 0. The molecule has 0 saturated heterocycles. The Balaban J connectivity index is 1.87. The number of esters is 1. The Bertz CT molecular complexity index is 865. The molecule has 0 aliphatic carbocycles. The highest BCUT2D eigenvalue weighted by atomic mass is 16.5. The van der Waals surface area contributed by atoms with E-state index < -0.39 is 0 Å². The quantitative estimate of drug-likeness (QED) is 0.650. The van der Waals surface area contributed by atoms with Crippen molar-refractivity contribution >= 4 is 5.97 Å². The first kappa shape index (κ1) is 17.0. The van der Waals surface area contributed by atoms with Crippen molar-refractivity contribution in [2.24, 2.45) is 0 Å². The molecular formula is C21H22N2O2. The molecule has 0 N–H and O–H groups in total. The molecule has 3 rings (SSSR count). The molecular weight excluding hydrogens is 312 g/mol. The van der Waals surface area contributed by atoms with Gasteiger partial charge in [0.05, 0.1) is 12.3 Å². The van der Waals surface area contributed by atoms with Crippen LogP contribution >= 0.6 is 0 Å². The van der Waals surface area contributed by atoms with Crippen LogP contribution in [0.25, 0.3) is 11.1 Å². The molecule has 0 saturated carbocycles. The summed E-state index contributed by atoms with van der Waals surface area (Å²) in [7, 11) is 0. The van der Waals surface area contributed by atoms with Crippen molar-refractivity contribution in [2.45, 2.75) is 27.3 Å². The summed E-state index contributed by atoms with van der Waals surface area (Å²) < 4.78 is 7.10. The van der Waals surface area contributed by atoms with E-state index in [1.165, 1.54) is 11.1 Å². The molecule has 0 aliphatic heterocycles. The number of aryl methyl sites for hydroxylation is 2. The van der Waals surface area contributed by atoms with E-state index in [1.54, 1.807) is 0 Å². The number of hydrogen-bond acceptors (Lipinski definition) is 3. The van der Waals surface area contributed by atoms with Gasteiger partial charge in [0.15, 0.2) is 5.69 Å². The van der Waals surface area contributed by atoms with E-state index in [-0.39, 0.29) is 5.97 Å². The molecule has 0 fully saturated rings. The van der Waals surface area contributed by atoms with Crippen molar-refractivity contribution in [3.63, 3.8) is 0 Å². The molecule has 128 valence electrons. The fourth-order valence-corrected chi connectivity index (χ4v) is 2.98. The van der Waals surface area contributed by atoms with E-state index in [0.29, 0.717) is 24.5 Å². The standard InChI is InChI=1S/C21H22N2O2/c1-4-25-21(24)20-15(2)22-16(3)23(20)14-17-10-12-19(13-11-17)18-8-6-5-7-9-18/h5-13H,4,14H2,1-3H3. The van der Waals surface area contributed by atoms with E-state index in [9.17, 15) is 4.79 Å². The Morgan fingerprint density at radius 1 is 1.00 bits per heavy atom. The number of imidazole rings is 1. The van der Waals surface area contributed by atoms with Gasteiger partial charge in [0.2, 0.25) is 0 Å². The summed E-state index contributed by atoms with van der Waals surface area (Å²) in [6.07, 6.45) is 0. The highest BCUT2D eigenvalue weighted by Crippen LogP contribution is 2.21. The van der Waals surface area contributed by atoms with Crippen LogP contribution < -0.4 is 0 Å². The number of benzene rings is 2. The summed E-state index contributed by atoms with van der Waals surface area (Å²) in [5, 5.41) is 0. The Kier molecular flexibility index (Phi) is 4.98. The normalized spacial score (nSPS) is 10.7. The van der Waals surface area contributed by atoms with Crippen LogP contribution in [0.4, 0.5) is 0 Å². The van der Waals surface area contributed by atoms with Gasteiger partial charge in [-0.3, -0.25) is 0 Å². The average molecular weight is 334 g/mol. The van der Waals surface area contributed by atoms with Gasteiger partial charge < -0.3 is 9.30 Å². The lowest BCUT2D eigenvalue weighted by atomic mass is 10.0. The van der Waals surface area contributed by atoms with Crippen LogP contribution in [0.3, 0.4) is 0 Å². The van der Waals surface area contributed by atoms with Gasteiger partial charge in [-0.1, -0.05) is 54.6 Å². The van der Waals surface area contributed by atoms with Crippen molar-refractivity contribution in [1.82, 2.24) is 9.55 Å². The predicted molar refractivity (Wildman–Crippen MR) is 98.6 cm³/mol. The summed E-state index contributed by atoms with van der Waals surface area (Å²) in [5.74, 6) is 0.495. The molecule has 3 aromatic rings. The van der Waals surface area contributed by atoms with Crippen molar-refractivity contribution < 1.29 is 9.53 Å². The van der Waals surface area contributed by atoms with Gasteiger partial charge in [0.25, 0.3) is 0 Å². The Morgan fingerprint density at radius 3 is 2.28 bits per heavy atom. The molecule has 0 atom stereocenters. The molecule has 1 heterocycles. The molecule has 0 bridgehead atoms. The third-order valence-electron chi connectivity index (χ3n) is 4.20. The first-order valence-corrected chi connectivity index (χ1v) is 8.45. The van der Waals surface area contributed by atoms with Gasteiger partial charge in [-0.15, -0.1) is 0 Å². The van der Waals surface area contributed by atoms with E-state index in [0.717, 1.165) is 11.4 Å². The lowest BCUT2D eigenvalue weighted by molar-refractivity contribution is 0.0513. The van der Waals surface area contributed by atoms with Crippen LogP contribution in [0, 0.1) is 13.8 Å². The lowest BCUT2D eigenvalue weighted by Crippen LogP contribution is -2.15. The van der Waals surface area contributed by atoms with Gasteiger partial charge in [-0.2, -0.15) is 0 Å². The van der Waals surface area contributed by atoms with Crippen LogP contribution in [0.5, 0.6) is 0 Å². The monoisotopic (exact) mass is 334 g/mol. The minimum absolute atomic E-state index is 0.318. The molecule has 4 heteroatoms. The zero-order valence-corrected chi connectivity index (χ0v) is 14.8. The van der Waals surface area contributed by atoms with Crippen molar-refractivity contribution in [2.75, 3.05) is 6.61 Å². The second kappa shape index (κ2) is 7.34. The molecule has 0 spiro atoms. The molecule has 4 nitrogen and oxygen atoms in total. The van der Waals surface area contributed by atoms with Crippen LogP contribution in [-0.4, -0.2) is 22.1 Å². The third kappa shape index (κ3) is 3.63. The number of rotatable bonds is 5. The maximum Gasteiger partial charge on any atom is 0.356 e. The molecule has 0 unspecified atom stereocenters. The predicted octanol–water partition coefficient (Wildman–Crippen LogP) is 4.39. The first-order valence-electron chi connectivity index (χ1n) is 8.45. The summed E-state index contributed by atoms with van der Waals surface area (Å²) in [4.78, 5) is 16.7. The molecule has 0 radical (unpaired) electrons. The molecule has 2 aromatic carbocycles. The van der Waals surface area contributed by atoms with Crippen LogP contribution in [0.1, 0.15) is 34.5 Å². The number of carbonyl (C=O) groups is 1. The van der Waals surface area contributed by atoms with Gasteiger partial charge in [0, 0.05) is 6.54 Å². The Morgan fingerprint density at radius 2 is 1.64 bits per heavy atom. The SMILES string of the molecule is CCOC(=O)c1c(C)nc(C)n1Cc1ccc(-c2ccccc2)cc1. The Labute approximate surface area is 148 Å². The van der Waals surface area contributed by atoms with Crippen molar-refractivity contribution in [1.29, 1.82) is 0 Å². The summed E-state index contributed by atoms with van der Waals surface area (Å²) in [6, 6.07) is 18.7. The Hall–Kier alpha value is -2.88. The molecule has 25 heavy (non-hydrogen) atoms. The van der Waals surface area contributed by atoms with Crippen molar-refractivity contribution in [3.8, 4) is 11.1 Å². The van der Waals surface area contributed by atoms with E-state index in [1.807, 2.05) is 43.5 Å². The lowest BCUT2D eigenvalue weighted by Gasteiger charge is -2.11. The fraction of sp³-hybridized carbons (Fsp3) is 0.238. The average Bonchev–Trinajstić information content (AvgIpc) is 2.90. The third-order valence-corrected chi connectivity index (χ3v) is 4.20. The topological polar surface area (TPSA) is 44.1 Å². The van der Waals surface area contributed by atoms with E-state index >= 15 is 0 Å². The zero-order chi connectivity index (χ0) is 17.8. The minimum Gasteiger partial charge on any atom is -0.461 e. The summed E-state index contributed by atoms with van der Waals surface area (Å²) in [5.41, 5.74) is 4.72. The second-order valence-electron chi connectivity index (χ2n) is 5.96. The fourth-order valence-electron chi connectivity index (χ4n) is 2.98.